The smallest absolute Gasteiger partial charge is 0.264 e. The van der Waals surface area contributed by atoms with Crippen molar-refractivity contribution in [2.45, 2.75) is 37.9 Å². The van der Waals surface area contributed by atoms with E-state index >= 15 is 0 Å². The first-order valence-electron chi connectivity index (χ1n) is 13.0. The largest absolute Gasteiger partial charge is 0.486 e. The van der Waals surface area contributed by atoms with Crippen molar-refractivity contribution in [3.05, 3.63) is 95.4 Å². The molecule has 0 spiro atoms. The second-order valence-corrected chi connectivity index (χ2v) is 10.9. The molecule has 3 atom stereocenters. The fourth-order valence-electron chi connectivity index (χ4n) is 5.91. The molecule has 0 bridgehead atoms. The Balaban J connectivity index is 1.28. The van der Waals surface area contributed by atoms with Gasteiger partial charge in [-0.2, -0.15) is 0 Å². The van der Waals surface area contributed by atoms with Crippen molar-refractivity contribution in [3.63, 3.8) is 0 Å². The zero-order valence-corrected chi connectivity index (χ0v) is 22.2. The average Bonchev–Trinajstić information content (AvgIpc) is 3.55. The third kappa shape index (κ3) is 4.21. The lowest BCUT2D eigenvalue weighted by Gasteiger charge is -2.44. The van der Waals surface area contributed by atoms with Gasteiger partial charge < -0.3 is 19.3 Å². The van der Waals surface area contributed by atoms with Gasteiger partial charge in [0.1, 0.15) is 13.2 Å². The molecule has 194 valence electrons. The Morgan fingerprint density at radius 3 is 2.74 bits per heavy atom. The number of nitrogens with zero attached hydrogens (tertiary/aromatic N) is 2. The van der Waals surface area contributed by atoms with Crippen molar-refractivity contribution in [2.24, 2.45) is 0 Å². The van der Waals surface area contributed by atoms with E-state index in [0.717, 1.165) is 33.1 Å². The van der Waals surface area contributed by atoms with Gasteiger partial charge in [-0.3, -0.25) is 9.59 Å². The lowest BCUT2D eigenvalue weighted by atomic mass is 9.88. The predicted molar refractivity (Wildman–Crippen MR) is 149 cm³/mol. The summed E-state index contributed by atoms with van der Waals surface area (Å²) in [5.41, 5.74) is 2.83. The zero-order chi connectivity index (χ0) is 26.2. The molecule has 4 heterocycles. The zero-order valence-electron chi connectivity index (χ0n) is 21.3. The average molecular weight is 527 g/mol. The summed E-state index contributed by atoms with van der Waals surface area (Å²) in [7, 11) is 0. The summed E-state index contributed by atoms with van der Waals surface area (Å²) in [6.45, 7) is 7.45. The number of carbonyl (C=O) groups is 2. The number of piperidine rings is 1. The van der Waals surface area contributed by atoms with Crippen LogP contribution >= 0.6 is 11.3 Å². The third-order valence-electron chi connectivity index (χ3n) is 7.57. The minimum atomic E-state index is -0.0691. The van der Waals surface area contributed by atoms with E-state index in [2.05, 4.69) is 12.7 Å². The molecule has 3 aromatic rings. The Hall–Kier alpha value is -3.84. The van der Waals surface area contributed by atoms with Gasteiger partial charge in [0.2, 0.25) is 0 Å². The fraction of sp³-hybridized carbons (Fsp3) is 0.290. The van der Waals surface area contributed by atoms with Gasteiger partial charge in [0.05, 0.1) is 17.0 Å². The second kappa shape index (κ2) is 10.1. The number of allylic oxidation sites excluding steroid dienone is 1. The maximum absolute atomic E-state index is 13.9. The molecule has 0 radical (unpaired) electrons. The van der Waals surface area contributed by atoms with Crippen molar-refractivity contribution in [3.8, 4) is 21.9 Å². The molecule has 1 saturated heterocycles. The Kier molecular flexibility index (Phi) is 6.54. The monoisotopic (exact) mass is 526 g/mol. The SMILES string of the molecule is C=CCN(C(=O)c1ccc(-c2ccc3c(c2)OCCO3)s1)C1C[C@@H](C=CC)N2C(=O)c3ccccc3[C@@H]2C1. The van der Waals surface area contributed by atoms with E-state index in [4.69, 9.17) is 9.47 Å². The van der Waals surface area contributed by atoms with E-state index in [9.17, 15) is 9.59 Å². The Bertz CT molecular complexity index is 1430. The van der Waals surface area contributed by atoms with E-state index in [1.54, 1.807) is 6.08 Å². The van der Waals surface area contributed by atoms with Gasteiger partial charge in [0.15, 0.2) is 11.5 Å². The van der Waals surface area contributed by atoms with Crippen molar-refractivity contribution in [1.29, 1.82) is 0 Å². The molecule has 6 nitrogen and oxygen atoms in total. The summed E-state index contributed by atoms with van der Waals surface area (Å²) in [5.74, 6) is 1.56. The number of ether oxygens (including phenoxy) is 2. The normalized spacial score (nSPS) is 21.8. The first-order chi connectivity index (χ1) is 18.6. The van der Waals surface area contributed by atoms with Gasteiger partial charge in [0, 0.05) is 23.0 Å². The summed E-state index contributed by atoms with van der Waals surface area (Å²) >= 11 is 1.48. The number of benzene rings is 2. The lowest BCUT2D eigenvalue weighted by Crippen LogP contribution is -2.51. The number of amides is 2. The Morgan fingerprint density at radius 2 is 1.92 bits per heavy atom. The van der Waals surface area contributed by atoms with Crippen LogP contribution < -0.4 is 9.47 Å². The first-order valence-corrected chi connectivity index (χ1v) is 13.9. The van der Waals surface area contributed by atoms with Crippen LogP contribution in [-0.2, 0) is 0 Å². The van der Waals surface area contributed by atoms with Gasteiger partial charge in [-0.05, 0) is 67.3 Å². The van der Waals surface area contributed by atoms with E-state index in [1.165, 1.54) is 11.3 Å². The summed E-state index contributed by atoms with van der Waals surface area (Å²) in [4.78, 5) is 32.8. The predicted octanol–water partition coefficient (Wildman–Crippen LogP) is 6.12. The van der Waals surface area contributed by atoms with Crippen LogP contribution in [0.25, 0.3) is 10.4 Å². The first kappa shape index (κ1) is 24.5. The van der Waals surface area contributed by atoms with Crippen LogP contribution in [0.1, 0.15) is 51.4 Å². The van der Waals surface area contributed by atoms with Crippen LogP contribution in [-0.4, -0.2) is 53.5 Å². The highest BCUT2D eigenvalue weighted by molar-refractivity contribution is 7.17. The standard InChI is InChI=1S/C31H30N2O4S/c1-3-7-21-18-22(19-25-23-8-5-6-9-24(23)30(34)33(21)25)32(14-4-2)31(35)29-13-12-28(38-29)20-10-11-26-27(17-20)37-16-15-36-26/h3-13,17,21-22,25H,2,14-16,18-19H2,1H3/t21-,22?,25+/m1/s1. The number of hydrogen-bond donors (Lipinski definition) is 0. The molecule has 1 unspecified atom stereocenters. The molecule has 0 N–H and O–H groups in total. The van der Waals surface area contributed by atoms with E-state index in [1.807, 2.05) is 77.4 Å². The maximum Gasteiger partial charge on any atom is 0.264 e. The maximum atomic E-state index is 13.9. The molecule has 38 heavy (non-hydrogen) atoms. The van der Waals surface area contributed by atoms with E-state index in [-0.39, 0.29) is 29.9 Å². The second-order valence-electron chi connectivity index (χ2n) is 9.80. The van der Waals surface area contributed by atoms with E-state index in [0.29, 0.717) is 37.5 Å². The number of hydrogen-bond acceptors (Lipinski definition) is 5. The van der Waals surface area contributed by atoms with Crippen LogP contribution in [0.5, 0.6) is 11.5 Å². The van der Waals surface area contributed by atoms with Gasteiger partial charge in [-0.1, -0.05) is 36.4 Å². The van der Waals surface area contributed by atoms with Gasteiger partial charge in [-0.25, -0.2) is 0 Å². The number of fused-ring (bicyclic) bond motifs is 4. The highest BCUT2D eigenvalue weighted by Gasteiger charge is 2.46. The summed E-state index contributed by atoms with van der Waals surface area (Å²) in [6.07, 6.45) is 7.28. The van der Waals surface area contributed by atoms with E-state index < -0.39 is 0 Å². The van der Waals surface area contributed by atoms with Gasteiger partial charge in [0.25, 0.3) is 11.8 Å². The minimum absolute atomic E-state index is 0.00557. The van der Waals surface area contributed by atoms with Crippen LogP contribution in [0.4, 0.5) is 0 Å². The van der Waals surface area contributed by atoms with Gasteiger partial charge in [-0.15, -0.1) is 17.9 Å². The van der Waals surface area contributed by atoms with Crippen LogP contribution in [0.3, 0.4) is 0 Å². The topological polar surface area (TPSA) is 59.1 Å². The molecule has 3 aliphatic rings. The van der Waals surface area contributed by atoms with Crippen LogP contribution in [0.15, 0.2) is 79.4 Å². The summed E-state index contributed by atoms with van der Waals surface area (Å²) in [6, 6.07) is 17.5. The number of thiophene rings is 1. The highest BCUT2D eigenvalue weighted by atomic mass is 32.1. The number of carbonyl (C=O) groups excluding carboxylic acids is 2. The number of rotatable bonds is 6. The van der Waals surface area contributed by atoms with Crippen molar-refractivity contribution in [2.75, 3.05) is 19.8 Å². The molecule has 7 heteroatoms. The minimum Gasteiger partial charge on any atom is -0.486 e. The third-order valence-corrected chi connectivity index (χ3v) is 8.69. The molecule has 1 fully saturated rings. The highest BCUT2D eigenvalue weighted by Crippen LogP contribution is 2.44. The molecular weight excluding hydrogens is 496 g/mol. The summed E-state index contributed by atoms with van der Waals surface area (Å²) < 4.78 is 11.4. The molecule has 2 amide bonds. The van der Waals surface area contributed by atoms with Crippen LogP contribution in [0, 0.1) is 0 Å². The molecular formula is C31H30N2O4S. The van der Waals surface area contributed by atoms with Crippen molar-refractivity contribution < 1.29 is 19.1 Å². The van der Waals surface area contributed by atoms with Crippen LogP contribution in [0.2, 0.25) is 0 Å². The lowest BCUT2D eigenvalue weighted by molar-refractivity contribution is 0.0350. The summed E-state index contributed by atoms with van der Waals surface area (Å²) in [5, 5.41) is 0. The van der Waals surface area contributed by atoms with Crippen molar-refractivity contribution in [1.82, 2.24) is 9.80 Å². The quantitative estimate of drug-likeness (QED) is 0.363. The fourth-order valence-corrected chi connectivity index (χ4v) is 6.87. The van der Waals surface area contributed by atoms with Gasteiger partial charge >= 0.3 is 0 Å². The van der Waals surface area contributed by atoms with Crippen molar-refractivity contribution >= 4 is 23.2 Å². The molecule has 1 aromatic heterocycles. The Morgan fingerprint density at radius 1 is 1.11 bits per heavy atom. The molecule has 3 aliphatic heterocycles. The Labute approximate surface area is 226 Å². The molecule has 2 aromatic carbocycles. The molecule has 0 aliphatic carbocycles. The molecule has 0 saturated carbocycles. The molecule has 6 rings (SSSR count).